The molecule has 2 aromatic rings. The van der Waals surface area contributed by atoms with Gasteiger partial charge in [0.15, 0.2) is 6.61 Å². The molecule has 2 amide bonds. The van der Waals surface area contributed by atoms with Crippen molar-refractivity contribution < 1.29 is 28.8 Å². The van der Waals surface area contributed by atoms with Crippen LogP contribution >= 0.6 is 11.3 Å². The summed E-state index contributed by atoms with van der Waals surface area (Å²) in [6, 6.07) is 7.35. The lowest BCUT2D eigenvalue weighted by atomic mass is 9.97. The SMILES string of the molecule is COc1cc([N+](=O)[O-])ccc1NC(=O)COC(=O)C1CCN(C(=O)c2cccs2)CC1. The normalized spacial score (nSPS) is 14.0. The maximum absolute atomic E-state index is 12.4. The lowest BCUT2D eigenvalue weighted by Crippen LogP contribution is -2.40. The van der Waals surface area contributed by atoms with Gasteiger partial charge in [-0.25, -0.2) is 0 Å². The van der Waals surface area contributed by atoms with Crippen molar-refractivity contribution >= 4 is 40.5 Å². The van der Waals surface area contributed by atoms with E-state index in [1.807, 2.05) is 11.4 Å². The van der Waals surface area contributed by atoms with Crippen LogP contribution in [0.2, 0.25) is 0 Å². The van der Waals surface area contributed by atoms with Crippen LogP contribution in [0.15, 0.2) is 35.7 Å². The molecule has 164 valence electrons. The Balaban J connectivity index is 1.46. The molecule has 0 saturated carbocycles. The van der Waals surface area contributed by atoms with E-state index in [-0.39, 0.29) is 28.9 Å². The molecule has 1 saturated heterocycles. The number of nitrogens with one attached hydrogen (secondary N) is 1. The van der Waals surface area contributed by atoms with Crippen molar-refractivity contribution in [3.8, 4) is 5.75 Å². The predicted molar refractivity (Wildman–Crippen MR) is 112 cm³/mol. The molecule has 3 rings (SSSR count). The van der Waals surface area contributed by atoms with Gasteiger partial charge in [-0.3, -0.25) is 24.5 Å². The molecule has 0 unspecified atom stereocenters. The second-order valence-corrected chi connectivity index (χ2v) is 7.79. The van der Waals surface area contributed by atoms with E-state index >= 15 is 0 Å². The maximum atomic E-state index is 12.4. The first kappa shape index (κ1) is 22.2. The van der Waals surface area contributed by atoms with Crippen LogP contribution in [0.25, 0.3) is 0 Å². The van der Waals surface area contributed by atoms with Crippen molar-refractivity contribution in [2.75, 3.05) is 32.1 Å². The van der Waals surface area contributed by atoms with E-state index in [0.717, 1.165) is 0 Å². The van der Waals surface area contributed by atoms with Gasteiger partial charge in [-0.05, 0) is 30.4 Å². The van der Waals surface area contributed by atoms with Crippen LogP contribution in [0, 0.1) is 16.0 Å². The average Bonchev–Trinajstić information content (AvgIpc) is 3.32. The number of nitro groups is 1. The molecule has 1 aromatic heterocycles. The summed E-state index contributed by atoms with van der Waals surface area (Å²) >= 11 is 1.38. The molecule has 11 heteroatoms. The number of nitro benzene ring substituents is 1. The lowest BCUT2D eigenvalue weighted by Gasteiger charge is -2.30. The first-order valence-electron chi connectivity index (χ1n) is 9.50. The van der Waals surface area contributed by atoms with Crippen molar-refractivity contribution in [1.29, 1.82) is 0 Å². The fourth-order valence-electron chi connectivity index (χ4n) is 3.21. The summed E-state index contributed by atoms with van der Waals surface area (Å²) in [7, 11) is 1.32. The highest BCUT2D eigenvalue weighted by atomic mass is 32.1. The number of amides is 2. The number of carbonyl (C=O) groups excluding carboxylic acids is 3. The second-order valence-electron chi connectivity index (χ2n) is 6.84. The van der Waals surface area contributed by atoms with Crippen LogP contribution in [0.4, 0.5) is 11.4 Å². The average molecular weight is 447 g/mol. The summed E-state index contributed by atoms with van der Waals surface area (Å²) in [6.45, 7) is 0.401. The largest absolute Gasteiger partial charge is 0.494 e. The third-order valence-corrected chi connectivity index (χ3v) is 5.72. The maximum Gasteiger partial charge on any atom is 0.309 e. The number of benzene rings is 1. The lowest BCUT2D eigenvalue weighted by molar-refractivity contribution is -0.384. The van der Waals surface area contributed by atoms with Gasteiger partial charge in [0.05, 0.1) is 34.6 Å². The summed E-state index contributed by atoms with van der Waals surface area (Å²) in [4.78, 5) is 49.4. The van der Waals surface area contributed by atoms with Crippen molar-refractivity contribution in [1.82, 2.24) is 4.90 Å². The number of ether oxygens (including phenoxy) is 2. The summed E-state index contributed by atoms with van der Waals surface area (Å²) < 4.78 is 10.2. The standard InChI is InChI=1S/C20H21N3O7S/c1-29-16-11-14(23(27)28)4-5-15(16)21-18(24)12-30-20(26)13-6-8-22(9-7-13)19(25)17-3-2-10-31-17/h2-5,10-11,13H,6-9,12H2,1H3,(H,21,24). The molecule has 2 heterocycles. The topological polar surface area (TPSA) is 128 Å². The Morgan fingerprint density at radius 2 is 2.00 bits per heavy atom. The van der Waals surface area contributed by atoms with Gasteiger partial charge < -0.3 is 19.7 Å². The Kier molecular flexibility index (Phi) is 7.19. The number of hydrogen-bond acceptors (Lipinski definition) is 8. The Morgan fingerprint density at radius 1 is 1.26 bits per heavy atom. The van der Waals surface area contributed by atoms with Crippen molar-refractivity contribution in [3.05, 3.63) is 50.7 Å². The zero-order valence-electron chi connectivity index (χ0n) is 16.7. The van der Waals surface area contributed by atoms with Crippen LogP contribution < -0.4 is 10.1 Å². The number of hydrogen-bond donors (Lipinski definition) is 1. The summed E-state index contributed by atoms with van der Waals surface area (Å²) in [5.41, 5.74) is 0.0553. The fraction of sp³-hybridized carbons (Fsp3) is 0.350. The Hall–Kier alpha value is -3.47. The van der Waals surface area contributed by atoms with Crippen molar-refractivity contribution in [3.63, 3.8) is 0 Å². The highest BCUT2D eigenvalue weighted by Gasteiger charge is 2.29. The molecule has 0 spiro atoms. The smallest absolute Gasteiger partial charge is 0.309 e. The van der Waals surface area contributed by atoms with Gasteiger partial charge in [-0.15, -0.1) is 11.3 Å². The van der Waals surface area contributed by atoms with Gasteiger partial charge in [0.1, 0.15) is 5.75 Å². The predicted octanol–water partition coefficient (Wildman–Crippen LogP) is 2.70. The van der Waals surface area contributed by atoms with Crippen LogP contribution in [-0.4, -0.2) is 54.4 Å². The minimum absolute atomic E-state index is 0.0433. The summed E-state index contributed by atoms with van der Waals surface area (Å²) in [5, 5.41) is 15.2. The fourth-order valence-corrected chi connectivity index (χ4v) is 3.90. The van der Waals surface area contributed by atoms with E-state index in [2.05, 4.69) is 5.32 Å². The zero-order chi connectivity index (χ0) is 22.4. The van der Waals surface area contributed by atoms with Crippen LogP contribution in [0.3, 0.4) is 0 Å². The quantitative estimate of drug-likeness (QED) is 0.393. The Bertz CT molecular complexity index is 969. The van der Waals surface area contributed by atoms with Crippen molar-refractivity contribution in [2.24, 2.45) is 5.92 Å². The molecule has 31 heavy (non-hydrogen) atoms. The van der Waals surface area contributed by atoms with Gasteiger partial charge in [0.25, 0.3) is 17.5 Å². The molecule has 1 N–H and O–H groups in total. The minimum Gasteiger partial charge on any atom is -0.494 e. The molecule has 1 aromatic carbocycles. The molecule has 0 bridgehead atoms. The number of carbonyl (C=O) groups is 3. The highest BCUT2D eigenvalue weighted by Crippen LogP contribution is 2.29. The molecular weight excluding hydrogens is 426 g/mol. The van der Waals surface area contributed by atoms with Gasteiger partial charge in [0.2, 0.25) is 0 Å². The van der Waals surface area contributed by atoms with E-state index in [1.165, 1.54) is 36.6 Å². The number of rotatable bonds is 7. The van der Waals surface area contributed by atoms with Crippen molar-refractivity contribution in [2.45, 2.75) is 12.8 Å². The molecule has 1 aliphatic heterocycles. The number of likely N-dealkylation sites (tertiary alicyclic amines) is 1. The number of non-ortho nitro benzene ring substituents is 1. The molecule has 1 aliphatic rings. The Morgan fingerprint density at radius 3 is 2.61 bits per heavy atom. The monoisotopic (exact) mass is 447 g/mol. The van der Waals surface area contributed by atoms with Gasteiger partial charge in [-0.2, -0.15) is 0 Å². The van der Waals surface area contributed by atoms with Gasteiger partial charge in [0, 0.05) is 19.2 Å². The minimum atomic E-state index is -0.592. The second kappa shape index (κ2) is 10.0. The number of thiophene rings is 1. The zero-order valence-corrected chi connectivity index (χ0v) is 17.6. The molecular formula is C20H21N3O7S. The Labute approximate surface area is 181 Å². The third-order valence-electron chi connectivity index (χ3n) is 4.86. The number of esters is 1. The van der Waals surface area contributed by atoms with Crippen LogP contribution in [0.1, 0.15) is 22.5 Å². The van der Waals surface area contributed by atoms with E-state index < -0.39 is 23.4 Å². The molecule has 1 fully saturated rings. The van der Waals surface area contributed by atoms with E-state index in [1.54, 1.807) is 11.0 Å². The van der Waals surface area contributed by atoms with Crippen LogP contribution in [-0.2, 0) is 14.3 Å². The highest BCUT2D eigenvalue weighted by molar-refractivity contribution is 7.12. The molecule has 0 atom stereocenters. The van der Waals surface area contributed by atoms with Crippen LogP contribution in [0.5, 0.6) is 5.75 Å². The number of nitrogens with zero attached hydrogens (tertiary/aromatic N) is 2. The van der Waals surface area contributed by atoms with E-state index in [4.69, 9.17) is 9.47 Å². The van der Waals surface area contributed by atoms with E-state index in [9.17, 15) is 24.5 Å². The third kappa shape index (κ3) is 5.57. The first-order chi connectivity index (χ1) is 14.9. The number of anilines is 1. The first-order valence-corrected chi connectivity index (χ1v) is 10.4. The van der Waals surface area contributed by atoms with E-state index in [0.29, 0.717) is 30.8 Å². The van der Waals surface area contributed by atoms with Gasteiger partial charge >= 0.3 is 5.97 Å². The molecule has 0 aliphatic carbocycles. The summed E-state index contributed by atoms with van der Waals surface area (Å²) in [5.74, 6) is -1.39. The molecule has 0 radical (unpaired) electrons. The van der Waals surface area contributed by atoms with Gasteiger partial charge in [-0.1, -0.05) is 6.07 Å². The summed E-state index contributed by atoms with van der Waals surface area (Å²) in [6.07, 6.45) is 0.932. The molecule has 10 nitrogen and oxygen atoms in total. The number of piperidine rings is 1. The number of methoxy groups -OCH3 is 1.